The van der Waals surface area contributed by atoms with Gasteiger partial charge in [-0.3, -0.25) is 4.79 Å². The maximum Gasteiger partial charge on any atom is 0.303 e. The number of hydrogen-bond acceptors (Lipinski definition) is 2. The second kappa shape index (κ2) is 5.67. The van der Waals surface area contributed by atoms with Gasteiger partial charge in [-0.1, -0.05) is 32.1 Å². The summed E-state index contributed by atoms with van der Waals surface area (Å²) in [5, 5.41) is 8.65. The van der Waals surface area contributed by atoms with Crippen molar-refractivity contribution in [1.82, 2.24) is 4.90 Å². The van der Waals surface area contributed by atoms with Gasteiger partial charge in [-0.15, -0.1) is 0 Å². The molecule has 1 saturated carbocycles. The standard InChI is InChI=1S/C13H23NO2/c15-13(16)8-12-9-14(10-12)7-6-11-4-2-1-3-5-11/h11-12H,1-10H2,(H,15,16). The van der Waals surface area contributed by atoms with Gasteiger partial charge in [0.25, 0.3) is 0 Å². The van der Waals surface area contributed by atoms with Gasteiger partial charge < -0.3 is 10.0 Å². The molecular weight excluding hydrogens is 202 g/mol. The minimum Gasteiger partial charge on any atom is -0.481 e. The van der Waals surface area contributed by atoms with E-state index in [1.54, 1.807) is 0 Å². The minimum absolute atomic E-state index is 0.361. The predicted molar refractivity (Wildman–Crippen MR) is 63.4 cm³/mol. The maximum atomic E-state index is 10.5. The number of aliphatic carboxylic acids is 1. The summed E-state index contributed by atoms with van der Waals surface area (Å²) in [6.45, 7) is 3.22. The lowest BCUT2D eigenvalue weighted by Crippen LogP contribution is -2.48. The van der Waals surface area contributed by atoms with E-state index < -0.39 is 5.97 Å². The van der Waals surface area contributed by atoms with E-state index in [0.29, 0.717) is 12.3 Å². The fraction of sp³-hybridized carbons (Fsp3) is 0.923. The van der Waals surface area contributed by atoms with Gasteiger partial charge in [0.15, 0.2) is 0 Å². The van der Waals surface area contributed by atoms with Crippen LogP contribution in [0, 0.1) is 11.8 Å². The molecule has 92 valence electrons. The molecule has 2 rings (SSSR count). The van der Waals surface area contributed by atoms with Crippen molar-refractivity contribution in [1.29, 1.82) is 0 Å². The smallest absolute Gasteiger partial charge is 0.303 e. The van der Waals surface area contributed by atoms with Crippen LogP contribution in [0.4, 0.5) is 0 Å². The number of hydrogen-bond donors (Lipinski definition) is 1. The van der Waals surface area contributed by atoms with Gasteiger partial charge in [-0.05, 0) is 24.8 Å². The number of carbonyl (C=O) groups is 1. The summed E-state index contributed by atoms with van der Waals surface area (Å²) in [5.41, 5.74) is 0. The highest BCUT2D eigenvalue weighted by atomic mass is 16.4. The molecule has 2 fully saturated rings. The number of carboxylic acids is 1. The molecule has 0 aromatic heterocycles. The first-order valence-corrected chi connectivity index (χ1v) is 6.68. The van der Waals surface area contributed by atoms with Crippen LogP contribution >= 0.6 is 0 Å². The molecule has 1 saturated heterocycles. The van der Waals surface area contributed by atoms with Crippen LogP contribution in [-0.4, -0.2) is 35.6 Å². The summed E-state index contributed by atoms with van der Waals surface area (Å²) in [5.74, 6) is 0.730. The Kier molecular flexibility index (Phi) is 4.22. The third-order valence-electron chi connectivity index (χ3n) is 4.07. The van der Waals surface area contributed by atoms with Crippen LogP contribution in [0.25, 0.3) is 0 Å². The predicted octanol–water partition coefficient (Wildman–Crippen LogP) is 2.36. The largest absolute Gasteiger partial charge is 0.481 e. The lowest BCUT2D eigenvalue weighted by molar-refractivity contribution is -0.139. The first kappa shape index (κ1) is 11.9. The van der Waals surface area contributed by atoms with Crippen molar-refractivity contribution in [2.45, 2.75) is 44.9 Å². The molecular formula is C13H23NO2. The topological polar surface area (TPSA) is 40.5 Å². The molecule has 3 heteroatoms. The highest BCUT2D eigenvalue weighted by molar-refractivity contribution is 5.67. The van der Waals surface area contributed by atoms with Crippen LogP contribution < -0.4 is 0 Å². The number of rotatable bonds is 5. The van der Waals surface area contributed by atoms with Crippen molar-refractivity contribution < 1.29 is 9.90 Å². The zero-order valence-electron chi connectivity index (χ0n) is 10.0. The number of nitrogens with zero attached hydrogens (tertiary/aromatic N) is 1. The fourth-order valence-corrected chi connectivity index (χ4v) is 3.08. The van der Waals surface area contributed by atoms with Gasteiger partial charge in [-0.2, -0.15) is 0 Å². The van der Waals surface area contributed by atoms with E-state index in [4.69, 9.17) is 5.11 Å². The third kappa shape index (κ3) is 3.48. The van der Waals surface area contributed by atoms with E-state index in [0.717, 1.165) is 19.0 Å². The molecule has 0 aromatic rings. The number of carboxylic acid groups (broad SMARTS) is 1. The molecule has 0 amide bonds. The van der Waals surface area contributed by atoms with E-state index >= 15 is 0 Å². The molecule has 0 radical (unpaired) electrons. The molecule has 16 heavy (non-hydrogen) atoms. The molecule has 1 aliphatic heterocycles. The Morgan fingerprint density at radius 1 is 1.12 bits per heavy atom. The Morgan fingerprint density at radius 3 is 2.44 bits per heavy atom. The van der Waals surface area contributed by atoms with E-state index in [2.05, 4.69) is 4.90 Å². The van der Waals surface area contributed by atoms with Crippen LogP contribution in [0.1, 0.15) is 44.9 Å². The lowest BCUT2D eigenvalue weighted by Gasteiger charge is -2.39. The van der Waals surface area contributed by atoms with Crippen LogP contribution in [0.15, 0.2) is 0 Å². The van der Waals surface area contributed by atoms with Crippen molar-refractivity contribution in [3.8, 4) is 0 Å². The fourth-order valence-electron chi connectivity index (χ4n) is 3.08. The normalized spacial score (nSPS) is 24.2. The van der Waals surface area contributed by atoms with E-state index in [1.165, 1.54) is 45.1 Å². The quantitative estimate of drug-likeness (QED) is 0.781. The Bertz CT molecular complexity index is 230. The van der Waals surface area contributed by atoms with Gasteiger partial charge >= 0.3 is 5.97 Å². The Labute approximate surface area is 97.8 Å². The summed E-state index contributed by atoms with van der Waals surface area (Å²) in [6, 6.07) is 0. The minimum atomic E-state index is -0.642. The van der Waals surface area contributed by atoms with Crippen LogP contribution in [-0.2, 0) is 4.79 Å². The molecule has 0 bridgehead atoms. The van der Waals surface area contributed by atoms with Crippen LogP contribution in [0.5, 0.6) is 0 Å². The molecule has 0 unspecified atom stereocenters. The van der Waals surface area contributed by atoms with Crippen LogP contribution in [0.2, 0.25) is 0 Å². The molecule has 3 nitrogen and oxygen atoms in total. The second-order valence-corrected chi connectivity index (χ2v) is 5.52. The highest BCUT2D eigenvalue weighted by Gasteiger charge is 2.28. The first-order valence-electron chi connectivity index (χ1n) is 6.68. The van der Waals surface area contributed by atoms with Gasteiger partial charge in [0, 0.05) is 13.1 Å². The number of likely N-dealkylation sites (tertiary alicyclic amines) is 1. The molecule has 0 atom stereocenters. The molecule has 1 heterocycles. The van der Waals surface area contributed by atoms with E-state index in [9.17, 15) is 4.79 Å². The van der Waals surface area contributed by atoms with Crippen molar-refractivity contribution >= 4 is 5.97 Å². The van der Waals surface area contributed by atoms with Crippen molar-refractivity contribution in [2.24, 2.45) is 11.8 Å². The maximum absolute atomic E-state index is 10.5. The van der Waals surface area contributed by atoms with Crippen molar-refractivity contribution in [3.63, 3.8) is 0 Å². The highest BCUT2D eigenvalue weighted by Crippen LogP contribution is 2.28. The van der Waals surface area contributed by atoms with Gasteiger partial charge in [0.2, 0.25) is 0 Å². The lowest BCUT2D eigenvalue weighted by atomic mass is 9.86. The molecule has 2 aliphatic rings. The van der Waals surface area contributed by atoms with Gasteiger partial charge in [-0.25, -0.2) is 0 Å². The SMILES string of the molecule is O=C(O)CC1CN(CCC2CCCCC2)C1. The average Bonchev–Trinajstić information content (AvgIpc) is 2.22. The molecule has 0 spiro atoms. The van der Waals surface area contributed by atoms with E-state index in [1.807, 2.05) is 0 Å². The molecule has 1 aliphatic carbocycles. The van der Waals surface area contributed by atoms with Crippen molar-refractivity contribution in [3.05, 3.63) is 0 Å². The third-order valence-corrected chi connectivity index (χ3v) is 4.07. The van der Waals surface area contributed by atoms with Gasteiger partial charge in [0.05, 0.1) is 6.42 Å². The Hall–Kier alpha value is -0.570. The van der Waals surface area contributed by atoms with E-state index in [-0.39, 0.29) is 0 Å². The second-order valence-electron chi connectivity index (χ2n) is 5.52. The summed E-state index contributed by atoms with van der Waals surface area (Å²) in [7, 11) is 0. The zero-order chi connectivity index (χ0) is 11.4. The Morgan fingerprint density at radius 2 is 1.81 bits per heavy atom. The molecule has 0 aromatic carbocycles. The monoisotopic (exact) mass is 225 g/mol. The zero-order valence-corrected chi connectivity index (χ0v) is 10.0. The Balaban J connectivity index is 1.54. The molecule has 1 N–H and O–H groups in total. The summed E-state index contributed by atoms with van der Waals surface area (Å²) in [6.07, 6.45) is 8.82. The summed E-state index contributed by atoms with van der Waals surface area (Å²) < 4.78 is 0. The first-order chi connectivity index (χ1) is 7.74. The van der Waals surface area contributed by atoms with Crippen LogP contribution in [0.3, 0.4) is 0 Å². The summed E-state index contributed by atoms with van der Waals surface area (Å²) in [4.78, 5) is 12.9. The summed E-state index contributed by atoms with van der Waals surface area (Å²) >= 11 is 0. The van der Waals surface area contributed by atoms with Crippen molar-refractivity contribution in [2.75, 3.05) is 19.6 Å². The average molecular weight is 225 g/mol. The van der Waals surface area contributed by atoms with Gasteiger partial charge in [0.1, 0.15) is 0 Å².